The first kappa shape index (κ1) is 13.0. The fourth-order valence-electron chi connectivity index (χ4n) is 1.23. The first-order chi connectivity index (χ1) is 7.10. The molecule has 84 valence electrons. The predicted molar refractivity (Wildman–Crippen MR) is 66.4 cm³/mol. The van der Waals surface area contributed by atoms with Crippen LogP contribution in [0.25, 0.3) is 0 Å². The van der Waals surface area contributed by atoms with Crippen molar-refractivity contribution in [3.63, 3.8) is 0 Å². The van der Waals surface area contributed by atoms with E-state index in [9.17, 15) is 5.11 Å². The summed E-state index contributed by atoms with van der Waals surface area (Å²) in [5, 5.41) is 10.6. The number of methoxy groups -OCH3 is 1. The third-order valence-electron chi connectivity index (χ3n) is 2.03. The van der Waals surface area contributed by atoms with Crippen LogP contribution in [0.15, 0.2) is 12.1 Å². The molecular weight excluding hydrogens is 255 g/mol. The van der Waals surface area contributed by atoms with Crippen LogP contribution in [0.5, 0.6) is 5.75 Å². The zero-order valence-corrected chi connectivity index (χ0v) is 10.6. The van der Waals surface area contributed by atoms with E-state index in [0.717, 1.165) is 0 Å². The minimum absolute atomic E-state index is 0.440. The second-order valence-electron chi connectivity index (χ2n) is 3.04. The number of ether oxygens (including phenoxy) is 1. The molecule has 0 aliphatic heterocycles. The van der Waals surface area contributed by atoms with E-state index in [1.165, 1.54) is 7.11 Å². The number of rotatable bonds is 4. The van der Waals surface area contributed by atoms with E-state index < -0.39 is 6.10 Å². The fraction of sp³-hybridized carbons (Fsp3) is 0.400. The van der Waals surface area contributed by atoms with Gasteiger partial charge in [-0.15, -0.1) is 0 Å². The van der Waals surface area contributed by atoms with Crippen LogP contribution in [0, 0.1) is 0 Å². The fourth-order valence-corrected chi connectivity index (χ4v) is 2.01. The molecule has 0 spiro atoms. The molecule has 0 bridgehead atoms. The minimum Gasteiger partial charge on any atom is -0.495 e. The molecule has 5 heteroatoms. The SMILES string of the molecule is COc1cc(Cl)c(C(O)CCS)cc1Cl. The summed E-state index contributed by atoms with van der Waals surface area (Å²) in [7, 11) is 1.52. The van der Waals surface area contributed by atoms with Crippen molar-refractivity contribution in [2.24, 2.45) is 0 Å². The van der Waals surface area contributed by atoms with Crippen LogP contribution in [0.3, 0.4) is 0 Å². The summed E-state index contributed by atoms with van der Waals surface area (Å²) in [4.78, 5) is 0. The number of benzene rings is 1. The van der Waals surface area contributed by atoms with E-state index in [1.54, 1.807) is 12.1 Å². The van der Waals surface area contributed by atoms with E-state index in [-0.39, 0.29) is 0 Å². The summed E-state index contributed by atoms with van der Waals surface area (Å²) in [6.45, 7) is 0. The van der Waals surface area contributed by atoms with Crippen molar-refractivity contribution in [3.05, 3.63) is 27.7 Å². The molecule has 1 N–H and O–H groups in total. The monoisotopic (exact) mass is 266 g/mol. The Morgan fingerprint density at radius 2 is 2.07 bits per heavy atom. The summed E-state index contributed by atoms with van der Waals surface area (Å²) in [6, 6.07) is 3.22. The lowest BCUT2D eigenvalue weighted by molar-refractivity contribution is 0.175. The molecule has 0 aliphatic carbocycles. The highest BCUT2D eigenvalue weighted by molar-refractivity contribution is 7.80. The molecule has 1 aromatic carbocycles. The van der Waals surface area contributed by atoms with Gasteiger partial charge in [-0.05, 0) is 18.2 Å². The lowest BCUT2D eigenvalue weighted by Crippen LogP contribution is -2.00. The molecule has 0 radical (unpaired) electrons. The lowest BCUT2D eigenvalue weighted by Gasteiger charge is -2.13. The Morgan fingerprint density at radius 1 is 1.40 bits per heavy atom. The van der Waals surface area contributed by atoms with Crippen LogP contribution >= 0.6 is 35.8 Å². The highest BCUT2D eigenvalue weighted by atomic mass is 35.5. The molecule has 1 rings (SSSR count). The normalized spacial score (nSPS) is 12.6. The van der Waals surface area contributed by atoms with Crippen molar-refractivity contribution in [1.82, 2.24) is 0 Å². The second-order valence-corrected chi connectivity index (χ2v) is 4.30. The van der Waals surface area contributed by atoms with Crippen molar-refractivity contribution < 1.29 is 9.84 Å². The van der Waals surface area contributed by atoms with Crippen LogP contribution in [-0.2, 0) is 0 Å². The standard InChI is InChI=1S/C10H12Cl2O2S/c1-14-10-5-7(11)6(4-8(10)12)9(13)2-3-15/h4-5,9,13,15H,2-3H2,1H3. The Labute approximate surface area is 105 Å². The molecule has 0 saturated carbocycles. The molecule has 0 saturated heterocycles. The van der Waals surface area contributed by atoms with Gasteiger partial charge >= 0.3 is 0 Å². The Balaban J connectivity index is 3.04. The number of aliphatic hydroxyl groups is 1. The summed E-state index contributed by atoms with van der Waals surface area (Å²) >= 11 is 16.0. The van der Waals surface area contributed by atoms with Gasteiger partial charge in [0.1, 0.15) is 5.75 Å². The third-order valence-corrected chi connectivity index (χ3v) is 2.91. The molecule has 0 heterocycles. The molecule has 1 aromatic rings. The van der Waals surface area contributed by atoms with Gasteiger partial charge in [0.25, 0.3) is 0 Å². The Hall–Kier alpha value is -0.0900. The summed E-state index contributed by atoms with van der Waals surface area (Å²) in [6.07, 6.45) is -0.107. The highest BCUT2D eigenvalue weighted by Crippen LogP contribution is 2.34. The zero-order chi connectivity index (χ0) is 11.4. The number of hydrogen-bond donors (Lipinski definition) is 2. The van der Waals surface area contributed by atoms with Gasteiger partial charge in [-0.2, -0.15) is 12.6 Å². The van der Waals surface area contributed by atoms with Gasteiger partial charge < -0.3 is 9.84 Å². The van der Waals surface area contributed by atoms with Crippen LogP contribution in [-0.4, -0.2) is 18.0 Å². The lowest BCUT2D eigenvalue weighted by atomic mass is 10.1. The number of hydrogen-bond acceptors (Lipinski definition) is 3. The smallest absolute Gasteiger partial charge is 0.138 e. The summed E-state index contributed by atoms with van der Waals surface area (Å²) in [5.41, 5.74) is 0.608. The minimum atomic E-state index is -0.640. The molecule has 1 unspecified atom stereocenters. The zero-order valence-electron chi connectivity index (χ0n) is 8.20. The topological polar surface area (TPSA) is 29.5 Å². The van der Waals surface area contributed by atoms with Gasteiger partial charge in [0.2, 0.25) is 0 Å². The van der Waals surface area contributed by atoms with Crippen LogP contribution < -0.4 is 4.74 Å². The van der Waals surface area contributed by atoms with Crippen molar-refractivity contribution in [1.29, 1.82) is 0 Å². The van der Waals surface area contributed by atoms with E-state index in [0.29, 0.717) is 33.5 Å². The summed E-state index contributed by atoms with van der Waals surface area (Å²) < 4.78 is 5.01. The summed E-state index contributed by atoms with van der Waals surface area (Å²) in [5.74, 6) is 1.09. The van der Waals surface area contributed by atoms with Crippen molar-refractivity contribution >= 4 is 35.8 Å². The van der Waals surface area contributed by atoms with Gasteiger partial charge in [-0.3, -0.25) is 0 Å². The number of halogens is 2. The maximum absolute atomic E-state index is 9.76. The molecule has 2 nitrogen and oxygen atoms in total. The number of aliphatic hydroxyl groups excluding tert-OH is 1. The largest absolute Gasteiger partial charge is 0.495 e. The van der Waals surface area contributed by atoms with Crippen molar-refractivity contribution in [3.8, 4) is 5.75 Å². The highest BCUT2D eigenvalue weighted by Gasteiger charge is 2.14. The third kappa shape index (κ3) is 3.18. The Morgan fingerprint density at radius 3 is 2.60 bits per heavy atom. The van der Waals surface area contributed by atoms with Crippen LogP contribution in [0.2, 0.25) is 10.0 Å². The predicted octanol–water partition coefficient (Wildman–Crippen LogP) is 3.36. The molecule has 0 aliphatic rings. The van der Waals surface area contributed by atoms with Crippen LogP contribution in [0.4, 0.5) is 0 Å². The average Bonchev–Trinajstić information content (AvgIpc) is 2.21. The van der Waals surface area contributed by atoms with Gasteiger partial charge in [0, 0.05) is 11.6 Å². The maximum atomic E-state index is 9.76. The van der Waals surface area contributed by atoms with E-state index in [2.05, 4.69) is 12.6 Å². The molecule has 0 amide bonds. The van der Waals surface area contributed by atoms with Gasteiger partial charge in [-0.25, -0.2) is 0 Å². The number of thiol groups is 1. The first-order valence-corrected chi connectivity index (χ1v) is 5.80. The van der Waals surface area contributed by atoms with E-state index in [1.807, 2.05) is 0 Å². The van der Waals surface area contributed by atoms with Gasteiger partial charge in [0.05, 0.1) is 23.3 Å². The maximum Gasteiger partial charge on any atom is 0.138 e. The molecular formula is C10H12Cl2O2S. The first-order valence-electron chi connectivity index (χ1n) is 4.42. The van der Waals surface area contributed by atoms with Crippen LogP contribution in [0.1, 0.15) is 18.1 Å². The second kappa shape index (κ2) is 5.85. The molecule has 0 aromatic heterocycles. The van der Waals surface area contributed by atoms with Gasteiger partial charge in [0.15, 0.2) is 0 Å². The van der Waals surface area contributed by atoms with E-state index >= 15 is 0 Å². The van der Waals surface area contributed by atoms with Gasteiger partial charge in [-0.1, -0.05) is 23.2 Å². The molecule has 0 fully saturated rings. The Kier molecular flexibility index (Phi) is 5.06. The Bertz CT molecular complexity index is 344. The van der Waals surface area contributed by atoms with Crippen molar-refractivity contribution in [2.45, 2.75) is 12.5 Å². The molecule has 15 heavy (non-hydrogen) atoms. The van der Waals surface area contributed by atoms with E-state index in [4.69, 9.17) is 27.9 Å². The molecule has 1 atom stereocenters. The van der Waals surface area contributed by atoms with Crippen molar-refractivity contribution in [2.75, 3.05) is 12.9 Å². The quantitative estimate of drug-likeness (QED) is 0.819. The average molecular weight is 267 g/mol.